The average Bonchev–Trinajstić information content (AvgIpc) is 1.60. The molecule has 492 valence electrons. The molecule has 7 heterocycles. The second-order valence-electron chi connectivity index (χ2n) is 21.3. The van der Waals surface area contributed by atoms with E-state index in [0.29, 0.717) is 0 Å². The Bertz CT molecular complexity index is 2130. The van der Waals surface area contributed by atoms with Crippen molar-refractivity contribution >= 4 is 17.7 Å². The minimum atomic E-state index is -2.34. The summed E-state index contributed by atoms with van der Waals surface area (Å²) in [7, 11) is 0. The van der Waals surface area contributed by atoms with Crippen LogP contribution in [0, 0.1) is 0 Å². The molecule has 0 bridgehead atoms. The van der Waals surface area contributed by atoms with Crippen LogP contribution in [0.1, 0.15) is 20.8 Å². The lowest BCUT2D eigenvalue weighted by molar-refractivity contribution is -0.405. The minimum absolute atomic E-state index is 0.752. The molecule has 7 aliphatic rings. The van der Waals surface area contributed by atoms with Crippen molar-refractivity contribution in [3.8, 4) is 0 Å². The van der Waals surface area contributed by atoms with E-state index in [1.165, 1.54) is 0 Å². The number of aliphatic hydroxyl groups is 19. The predicted octanol–water partition coefficient (Wildman–Crippen LogP) is -15.2. The zero-order chi connectivity index (χ0) is 62.6. The first kappa shape index (κ1) is 69.6. The molecule has 1 unspecified atom stereocenters. The number of rotatable bonds is 22. The topological polar surface area (TPSA) is 592 Å². The fraction of sp³-hybridized carbons (Fsp3) is 0.936. The Labute approximate surface area is 481 Å². The molecule has 0 spiro atoms. The van der Waals surface area contributed by atoms with Crippen molar-refractivity contribution in [1.82, 2.24) is 16.0 Å². The highest BCUT2D eigenvalue weighted by atomic mass is 16.8. The smallest absolute Gasteiger partial charge is 0.217 e. The lowest BCUT2D eigenvalue weighted by Crippen LogP contribution is -2.71. The molecular formula is C47H79N3O35. The molecule has 0 aromatic carbocycles. The van der Waals surface area contributed by atoms with Crippen LogP contribution in [0.5, 0.6) is 0 Å². The molecule has 7 rings (SSSR count). The van der Waals surface area contributed by atoms with Gasteiger partial charge in [-0.2, -0.15) is 0 Å². The van der Waals surface area contributed by atoms with Gasteiger partial charge in [-0.25, -0.2) is 0 Å². The van der Waals surface area contributed by atoms with Gasteiger partial charge in [0.2, 0.25) is 17.7 Å². The standard InChI is InChI=1S/C47H79N3O35/c1-11(57)48-21-30(66)36(18(8-55)74-41(21)72)81-43-23(50-13(3)59)31(67)37(19(9-56)79-43)82-47-40(85-45-34(70)27(63)17(7-54)77-45)38(28(64)20(80-47)10-73-44-35(71)32(68)25(61)15(5-52)76-44)83-46-39(33(69)26(62)16(6-53)78-46)84-42-22(49-12(2)58)29(65)24(60)14(4-51)75-42/h14-47,51-56,60-72H,4-10H2,1-3H3,(H,48,57)(H,49,58)(H,50,59)/t14-,15-,16-,17-,18-,19-,20-,21-,22-,23-,24-,25-,26-,27+,28-,29-,30-,31-,32+,33+,34-,35+,36-,37-,38+,39+,40+,41?,42+,43+,44+,45+,46-,47+/m1/s1. The first-order valence-corrected chi connectivity index (χ1v) is 27.0. The summed E-state index contributed by atoms with van der Waals surface area (Å²) in [5.41, 5.74) is 0. The predicted molar refractivity (Wildman–Crippen MR) is 261 cm³/mol. The van der Waals surface area contributed by atoms with Crippen LogP contribution in [-0.2, 0) is 76.0 Å². The number of ether oxygens (including phenoxy) is 13. The maximum absolute atomic E-state index is 12.9. The summed E-state index contributed by atoms with van der Waals surface area (Å²) >= 11 is 0. The van der Waals surface area contributed by atoms with Gasteiger partial charge in [-0.15, -0.1) is 0 Å². The van der Waals surface area contributed by atoms with Crippen LogP contribution in [0.3, 0.4) is 0 Å². The van der Waals surface area contributed by atoms with Crippen LogP contribution < -0.4 is 16.0 Å². The van der Waals surface area contributed by atoms with Gasteiger partial charge in [0.15, 0.2) is 44.0 Å². The molecule has 0 saturated carbocycles. The van der Waals surface area contributed by atoms with E-state index in [9.17, 15) is 111 Å². The Hall–Kier alpha value is -2.87. The number of nitrogens with one attached hydrogen (secondary N) is 3. The normalized spacial score (nSPS) is 48.8. The van der Waals surface area contributed by atoms with Crippen molar-refractivity contribution in [2.45, 2.75) is 229 Å². The summed E-state index contributed by atoms with van der Waals surface area (Å²) < 4.78 is 77.1. The number of hydrogen-bond acceptors (Lipinski definition) is 35. The Kier molecular flexibility index (Phi) is 24.8. The van der Waals surface area contributed by atoms with E-state index in [0.717, 1.165) is 20.8 Å². The minimum Gasteiger partial charge on any atom is -0.394 e. The molecule has 34 atom stereocenters. The third kappa shape index (κ3) is 15.3. The van der Waals surface area contributed by atoms with Gasteiger partial charge in [0.1, 0.15) is 165 Å². The highest BCUT2D eigenvalue weighted by Gasteiger charge is 2.60. The van der Waals surface area contributed by atoms with Crippen molar-refractivity contribution in [3.05, 3.63) is 0 Å². The van der Waals surface area contributed by atoms with Crippen molar-refractivity contribution in [3.63, 3.8) is 0 Å². The number of aliphatic hydroxyl groups excluding tert-OH is 19. The summed E-state index contributed by atoms with van der Waals surface area (Å²) in [6.07, 6.45) is -61.9. The molecule has 0 aromatic rings. The van der Waals surface area contributed by atoms with Gasteiger partial charge in [-0.05, 0) is 0 Å². The Morgan fingerprint density at radius 2 is 0.647 bits per heavy atom. The molecular weight excluding hydrogens is 1170 g/mol. The molecule has 0 radical (unpaired) electrons. The second-order valence-corrected chi connectivity index (χ2v) is 21.3. The summed E-state index contributed by atoms with van der Waals surface area (Å²) in [4.78, 5) is 37.3. The van der Waals surface area contributed by atoms with Crippen LogP contribution in [0.2, 0.25) is 0 Å². The summed E-state index contributed by atoms with van der Waals surface area (Å²) in [6, 6.07) is -5.21. The van der Waals surface area contributed by atoms with E-state index in [2.05, 4.69) is 16.0 Å². The number of carbonyl (C=O) groups excluding carboxylic acids is 3. The summed E-state index contributed by atoms with van der Waals surface area (Å²) in [6.45, 7) is -4.06. The van der Waals surface area contributed by atoms with Crippen molar-refractivity contribution in [1.29, 1.82) is 0 Å². The van der Waals surface area contributed by atoms with E-state index in [1.54, 1.807) is 0 Å². The van der Waals surface area contributed by atoms with E-state index in [4.69, 9.17) is 61.6 Å². The van der Waals surface area contributed by atoms with E-state index < -0.39 is 273 Å². The first-order chi connectivity index (χ1) is 40.2. The third-order valence-corrected chi connectivity index (χ3v) is 15.4. The Morgan fingerprint density at radius 3 is 1.18 bits per heavy atom. The van der Waals surface area contributed by atoms with Gasteiger partial charge in [0.05, 0.1) is 46.2 Å². The van der Waals surface area contributed by atoms with Gasteiger partial charge in [0.25, 0.3) is 0 Å². The third-order valence-electron chi connectivity index (χ3n) is 15.4. The summed E-state index contributed by atoms with van der Waals surface area (Å²) in [5.74, 6) is -2.49. The first-order valence-electron chi connectivity index (χ1n) is 27.0. The van der Waals surface area contributed by atoms with Gasteiger partial charge >= 0.3 is 0 Å². The zero-order valence-electron chi connectivity index (χ0n) is 45.6. The molecule has 22 N–H and O–H groups in total. The highest BCUT2D eigenvalue weighted by molar-refractivity contribution is 5.74. The number of amides is 3. The highest BCUT2D eigenvalue weighted by Crippen LogP contribution is 2.39. The Balaban J connectivity index is 1.30. The molecule has 7 aliphatic heterocycles. The number of carbonyl (C=O) groups is 3. The van der Waals surface area contributed by atoms with Crippen molar-refractivity contribution in [2.24, 2.45) is 0 Å². The monoisotopic (exact) mass is 1250 g/mol. The molecule has 3 amide bonds. The second kappa shape index (κ2) is 30.3. The Morgan fingerprint density at radius 1 is 0.306 bits per heavy atom. The van der Waals surface area contributed by atoms with E-state index in [1.807, 2.05) is 0 Å². The molecule has 7 saturated heterocycles. The molecule has 7 fully saturated rings. The fourth-order valence-electron chi connectivity index (χ4n) is 10.9. The van der Waals surface area contributed by atoms with Crippen LogP contribution in [0.4, 0.5) is 0 Å². The van der Waals surface area contributed by atoms with Crippen LogP contribution in [-0.4, -0.2) is 370 Å². The molecule has 85 heavy (non-hydrogen) atoms. The van der Waals surface area contributed by atoms with Gasteiger partial charge in [0, 0.05) is 20.8 Å². The largest absolute Gasteiger partial charge is 0.394 e. The maximum Gasteiger partial charge on any atom is 0.217 e. The van der Waals surface area contributed by atoms with Crippen LogP contribution in [0.15, 0.2) is 0 Å². The van der Waals surface area contributed by atoms with Crippen LogP contribution in [0.25, 0.3) is 0 Å². The SMILES string of the molecule is CC(=O)N[C@H]1[C@H](O[C@H]2[C@H](O)[C@@H](NC(C)=O)C(O)O[C@@H]2CO)O[C@H](CO)[C@@H](O[C@@H]2O[C@H](CO[C@H]3O[C@H](CO)[C@@H](O)[C@H](O)[C@@H]3O)[C@@H](O)[C@H](O[C@H]3O[C@H](CO)[C@@H](O)[C@H](O)[C@@H]3O[C@@H]3O[C@H](CO)[C@@H](O)[C@H](O)[C@H]3NC(C)=O)[C@@H]2O[C@@H]2O[C@H](CO)[C@H](O)[C@H]2O)[C@@H]1O. The lowest BCUT2D eigenvalue weighted by atomic mass is 9.93. The lowest BCUT2D eigenvalue weighted by Gasteiger charge is -2.51. The van der Waals surface area contributed by atoms with E-state index in [-0.39, 0.29) is 0 Å². The summed E-state index contributed by atoms with van der Waals surface area (Å²) in [5, 5.41) is 214. The molecule has 38 nitrogen and oxygen atoms in total. The van der Waals surface area contributed by atoms with E-state index >= 15 is 0 Å². The van der Waals surface area contributed by atoms with Crippen molar-refractivity contribution < 1.29 is 173 Å². The quantitative estimate of drug-likeness (QED) is 0.0479. The maximum atomic E-state index is 12.9. The fourth-order valence-corrected chi connectivity index (χ4v) is 10.9. The van der Waals surface area contributed by atoms with Gasteiger partial charge in [-0.1, -0.05) is 0 Å². The molecule has 38 heteroatoms. The van der Waals surface area contributed by atoms with Crippen molar-refractivity contribution in [2.75, 3.05) is 46.2 Å². The average molecular weight is 1250 g/mol. The molecule has 0 aromatic heterocycles. The molecule has 0 aliphatic carbocycles. The van der Waals surface area contributed by atoms with Gasteiger partial charge in [-0.3, -0.25) is 14.4 Å². The van der Waals surface area contributed by atoms with Crippen LogP contribution >= 0.6 is 0 Å². The van der Waals surface area contributed by atoms with Gasteiger partial charge < -0.3 is 175 Å². The number of hydrogen-bond donors (Lipinski definition) is 22. The zero-order valence-corrected chi connectivity index (χ0v) is 45.6.